The first-order chi connectivity index (χ1) is 13.6. The number of ether oxygens (including phenoxy) is 1. The van der Waals surface area contributed by atoms with Crippen molar-refractivity contribution < 1.29 is 14.1 Å². The molecule has 0 saturated carbocycles. The number of aryl methyl sites for hydroxylation is 1. The van der Waals surface area contributed by atoms with Crippen LogP contribution < -0.4 is 10.1 Å². The highest BCUT2D eigenvalue weighted by Crippen LogP contribution is 2.34. The van der Waals surface area contributed by atoms with E-state index in [9.17, 15) is 4.79 Å². The molecule has 0 atom stereocenters. The molecule has 0 unspecified atom stereocenters. The number of carbonyl (C=O) groups excluding carboxylic acids is 1. The van der Waals surface area contributed by atoms with Gasteiger partial charge in [-0.25, -0.2) is 0 Å². The van der Waals surface area contributed by atoms with Crippen molar-refractivity contribution >= 4 is 22.9 Å². The van der Waals surface area contributed by atoms with E-state index in [1.165, 1.54) is 11.3 Å². The van der Waals surface area contributed by atoms with Crippen LogP contribution in [-0.2, 0) is 0 Å². The van der Waals surface area contributed by atoms with Crippen LogP contribution in [-0.4, -0.2) is 23.2 Å². The van der Waals surface area contributed by atoms with E-state index >= 15 is 0 Å². The monoisotopic (exact) mass is 391 g/mol. The highest BCUT2D eigenvalue weighted by molar-refractivity contribution is 7.14. The maximum atomic E-state index is 12.5. The smallest absolute Gasteiger partial charge is 0.270 e. The van der Waals surface area contributed by atoms with Crippen LogP contribution in [0.25, 0.3) is 22.2 Å². The van der Waals surface area contributed by atoms with Gasteiger partial charge in [-0.3, -0.25) is 4.79 Å². The van der Waals surface area contributed by atoms with Gasteiger partial charge in [-0.1, -0.05) is 35.0 Å². The van der Waals surface area contributed by atoms with Gasteiger partial charge in [-0.15, -0.1) is 11.3 Å². The van der Waals surface area contributed by atoms with Crippen LogP contribution >= 0.6 is 11.3 Å². The third kappa shape index (κ3) is 3.65. The molecule has 6 nitrogen and oxygen atoms in total. The zero-order valence-corrected chi connectivity index (χ0v) is 16.1. The number of aromatic nitrogens is 2. The van der Waals surface area contributed by atoms with Crippen molar-refractivity contribution in [1.82, 2.24) is 10.1 Å². The average molecular weight is 391 g/mol. The van der Waals surface area contributed by atoms with Crippen LogP contribution in [0.15, 0.2) is 64.5 Å². The zero-order valence-electron chi connectivity index (χ0n) is 15.3. The summed E-state index contributed by atoms with van der Waals surface area (Å²) in [4.78, 5) is 17.7. The van der Waals surface area contributed by atoms with Gasteiger partial charge in [-0.05, 0) is 42.6 Å². The summed E-state index contributed by atoms with van der Waals surface area (Å²) in [5, 5.41) is 8.84. The molecule has 0 saturated heterocycles. The molecule has 4 rings (SSSR count). The molecule has 0 spiro atoms. The first-order valence-corrected chi connectivity index (χ1v) is 9.46. The number of amides is 1. The number of nitrogens with one attached hydrogen (secondary N) is 1. The van der Waals surface area contributed by atoms with Gasteiger partial charge in [0.25, 0.3) is 11.8 Å². The maximum Gasteiger partial charge on any atom is 0.270 e. The molecular formula is C21H17N3O3S. The minimum atomic E-state index is -0.222. The highest BCUT2D eigenvalue weighted by Gasteiger charge is 2.17. The molecule has 1 amide bonds. The standard InChI is InChI=1S/C21H17N3O3S/c1-13-3-5-14(6-4-13)19-23-21(27-24-19)18-17(11-12-28-18)22-20(25)15-7-9-16(26-2)10-8-15/h3-12H,1-2H3,(H,22,25). The summed E-state index contributed by atoms with van der Waals surface area (Å²) in [7, 11) is 1.59. The number of carbonyl (C=O) groups is 1. The van der Waals surface area contributed by atoms with Gasteiger partial charge >= 0.3 is 0 Å². The molecule has 0 aliphatic heterocycles. The summed E-state index contributed by atoms with van der Waals surface area (Å²) < 4.78 is 10.6. The summed E-state index contributed by atoms with van der Waals surface area (Å²) in [5.41, 5.74) is 3.20. The van der Waals surface area contributed by atoms with E-state index in [0.717, 1.165) is 11.1 Å². The lowest BCUT2D eigenvalue weighted by molar-refractivity contribution is 0.102. The van der Waals surface area contributed by atoms with Gasteiger partial charge in [0.15, 0.2) is 0 Å². The van der Waals surface area contributed by atoms with Crippen molar-refractivity contribution in [3.05, 3.63) is 71.1 Å². The second-order valence-corrected chi connectivity index (χ2v) is 7.05. The summed E-state index contributed by atoms with van der Waals surface area (Å²) in [5.74, 6) is 1.36. The van der Waals surface area contributed by atoms with Crippen LogP contribution in [0.2, 0.25) is 0 Å². The van der Waals surface area contributed by atoms with Crippen molar-refractivity contribution in [1.29, 1.82) is 0 Å². The number of anilines is 1. The normalized spacial score (nSPS) is 10.6. The lowest BCUT2D eigenvalue weighted by atomic mass is 10.1. The molecule has 2 aromatic carbocycles. The minimum Gasteiger partial charge on any atom is -0.497 e. The van der Waals surface area contributed by atoms with Gasteiger partial charge in [0.05, 0.1) is 12.8 Å². The summed E-state index contributed by atoms with van der Waals surface area (Å²) >= 11 is 1.43. The Bertz CT molecular complexity index is 1100. The number of methoxy groups -OCH3 is 1. The van der Waals surface area contributed by atoms with E-state index in [1.807, 2.05) is 42.6 Å². The number of thiophene rings is 1. The first-order valence-electron chi connectivity index (χ1n) is 8.58. The van der Waals surface area contributed by atoms with Crippen molar-refractivity contribution in [3.63, 3.8) is 0 Å². The molecule has 0 radical (unpaired) electrons. The molecule has 0 aliphatic rings. The van der Waals surface area contributed by atoms with Crippen LogP contribution in [0.3, 0.4) is 0 Å². The van der Waals surface area contributed by atoms with Crippen LogP contribution in [0.5, 0.6) is 5.75 Å². The lowest BCUT2D eigenvalue weighted by Crippen LogP contribution is -2.11. The molecule has 0 bridgehead atoms. The largest absolute Gasteiger partial charge is 0.497 e. The fraction of sp³-hybridized carbons (Fsp3) is 0.0952. The van der Waals surface area contributed by atoms with E-state index < -0.39 is 0 Å². The molecule has 140 valence electrons. The Balaban J connectivity index is 1.55. The number of hydrogen-bond acceptors (Lipinski definition) is 6. The van der Waals surface area contributed by atoms with Crippen LogP contribution in [0, 0.1) is 6.92 Å². The number of benzene rings is 2. The summed E-state index contributed by atoms with van der Waals surface area (Å²) in [6.07, 6.45) is 0. The maximum absolute atomic E-state index is 12.5. The second-order valence-electron chi connectivity index (χ2n) is 6.14. The van der Waals surface area contributed by atoms with Gasteiger partial charge in [0.2, 0.25) is 5.82 Å². The van der Waals surface area contributed by atoms with Crippen molar-refractivity contribution in [2.45, 2.75) is 6.92 Å². The Labute approximate surface area is 165 Å². The van der Waals surface area contributed by atoms with Crippen molar-refractivity contribution in [2.24, 2.45) is 0 Å². The van der Waals surface area contributed by atoms with E-state index in [-0.39, 0.29) is 5.91 Å². The molecule has 2 heterocycles. The molecule has 0 fully saturated rings. The molecule has 2 aromatic heterocycles. The Hall–Kier alpha value is -3.45. The quantitative estimate of drug-likeness (QED) is 0.516. The fourth-order valence-electron chi connectivity index (χ4n) is 2.65. The topological polar surface area (TPSA) is 77.2 Å². The summed E-state index contributed by atoms with van der Waals surface area (Å²) in [6.45, 7) is 2.02. The van der Waals surface area contributed by atoms with E-state index in [0.29, 0.717) is 33.6 Å². The minimum absolute atomic E-state index is 0.222. The average Bonchev–Trinajstić information content (AvgIpc) is 3.38. The van der Waals surface area contributed by atoms with E-state index in [1.54, 1.807) is 31.4 Å². The molecule has 0 aliphatic carbocycles. The predicted octanol–water partition coefficient (Wildman–Crippen LogP) is 5.03. The number of nitrogens with zero attached hydrogens (tertiary/aromatic N) is 2. The Kier molecular flexibility index (Phi) is 4.90. The van der Waals surface area contributed by atoms with E-state index in [4.69, 9.17) is 9.26 Å². The Morgan fingerprint density at radius 3 is 2.54 bits per heavy atom. The van der Waals surface area contributed by atoms with Gasteiger partial charge in [0, 0.05) is 11.1 Å². The van der Waals surface area contributed by atoms with Gasteiger partial charge < -0.3 is 14.6 Å². The Morgan fingerprint density at radius 1 is 1.07 bits per heavy atom. The van der Waals surface area contributed by atoms with Crippen molar-refractivity contribution in [3.8, 4) is 27.9 Å². The highest BCUT2D eigenvalue weighted by atomic mass is 32.1. The lowest BCUT2D eigenvalue weighted by Gasteiger charge is -2.05. The second kappa shape index (κ2) is 7.66. The molecule has 1 N–H and O–H groups in total. The molecule has 7 heteroatoms. The Morgan fingerprint density at radius 2 is 1.82 bits per heavy atom. The molecular weight excluding hydrogens is 374 g/mol. The fourth-order valence-corrected chi connectivity index (χ4v) is 3.42. The van der Waals surface area contributed by atoms with Gasteiger partial charge in [-0.2, -0.15) is 4.98 Å². The van der Waals surface area contributed by atoms with Crippen LogP contribution in [0.4, 0.5) is 5.69 Å². The van der Waals surface area contributed by atoms with E-state index in [2.05, 4.69) is 15.5 Å². The first kappa shape index (κ1) is 17.9. The SMILES string of the molecule is COc1ccc(C(=O)Nc2ccsc2-c2nc(-c3ccc(C)cc3)no2)cc1. The van der Waals surface area contributed by atoms with Crippen LogP contribution in [0.1, 0.15) is 15.9 Å². The zero-order chi connectivity index (χ0) is 19.5. The van der Waals surface area contributed by atoms with Gasteiger partial charge in [0.1, 0.15) is 10.6 Å². The molecule has 4 aromatic rings. The summed E-state index contributed by atoms with van der Waals surface area (Å²) in [6, 6.07) is 16.6. The number of rotatable bonds is 5. The number of hydrogen-bond donors (Lipinski definition) is 1. The molecule has 28 heavy (non-hydrogen) atoms. The van der Waals surface area contributed by atoms with Crippen molar-refractivity contribution in [2.75, 3.05) is 12.4 Å². The predicted molar refractivity (Wildman–Crippen MR) is 109 cm³/mol. The third-order valence-corrected chi connectivity index (χ3v) is 5.10. The third-order valence-electron chi connectivity index (χ3n) is 4.20.